The van der Waals surface area contributed by atoms with Crippen LogP contribution in [0, 0.1) is 0 Å². The van der Waals surface area contributed by atoms with Crippen LogP contribution in [-0.2, 0) is 15.2 Å². The Labute approximate surface area is 128 Å². The van der Waals surface area contributed by atoms with Crippen molar-refractivity contribution in [3.05, 3.63) is 29.8 Å². The average Bonchev–Trinajstić information content (AvgIpc) is 2.52. The fourth-order valence-corrected chi connectivity index (χ4v) is 1.91. The monoisotopic (exact) mass is 296 g/mol. The van der Waals surface area contributed by atoms with Crippen molar-refractivity contribution in [2.24, 2.45) is 0 Å². The number of hydrogen-bond donors (Lipinski definition) is 1. The molecule has 0 aromatic heterocycles. The molecule has 0 amide bonds. The van der Waals surface area contributed by atoms with Crippen LogP contribution in [0.3, 0.4) is 0 Å². The summed E-state index contributed by atoms with van der Waals surface area (Å²) in [6, 6.07) is 7.60. The highest BCUT2D eigenvalue weighted by atomic mass is 17.1. The van der Waals surface area contributed by atoms with Gasteiger partial charge in [0, 0.05) is 6.61 Å². The van der Waals surface area contributed by atoms with Crippen LogP contribution < -0.4 is 4.74 Å². The first-order chi connectivity index (χ1) is 10.2. The fraction of sp³-hybridized carbons (Fsp3) is 0.647. The first kappa shape index (κ1) is 18.0. The zero-order valence-corrected chi connectivity index (χ0v) is 13.4. The van der Waals surface area contributed by atoms with Crippen molar-refractivity contribution in [2.75, 3.05) is 19.8 Å². The van der Waals surface area contributed by atoms with Gasteiger partial charge < -0.3 is 9.47 Å². The Kier molecular flexibility index (Phi) is 8.35. The molecule has 1 aromatic carbocycles. The summed E-state index contributed by atoms with van der Waals surface area (Å²) in [4.78, 5) is 4.68. The lowest BCUT2D eigenvalue weighted by atomic mass is 9.97. The highest BCUT2D eigenvalue weighted by Gasteiger charge is 2.28. The van der Waals surface area contributed by atoms with Crippen molar-refractivity contribution in [1.82, 2.24) is 0 Å². The molecule has 1 rings (SSSR count). The molecule has 0 aliphatic carbocycles. The van der Waals surface area contributed by atoms with E-state index in [1.807, 2.05) is 31.2 Å². The van der Waals surface area contributed by atoms with E-state index in [1.54, 1.807) is 0 Å². The molecule has 0 fully saturated rings. The summed E-state index contributed by atoms with van der Waals surface area (Å²) in [5.41, 5.74) is 0.0136. The standard InChI is InChI=1S/C17H28O4/c1-4-6-12-19-14-17(3,21-18)15-8-10-16(11-9-15)20-13-7-5-2/h8-11,18H,4-7,12-14H2,1-3H3. The van der Waals surface area contributed by atoms with Gasteiger partial charge in [0.25, 0.3) is 0 Å². The Morgan fingerprint density at radius 2 is 1.62 bits per heavy atom. The van der Waals surface area contributed by atoms with Crippen LogP contribution in [0.4, 0.5) is 0 Å². The van der Waals surface area contributed by atoms with E-state index in [0.717, 1.165) is 43.6 Å². The molecule has 1 aromatic rings. The summed E-state index contributed by atoms with van der Waals surface area (Å²) in [6.07, 6.45) is 4.25. The molecule has 0 bridgehead atoms. The van der Waals surface area contributed by atoms with Gasteiger partial charge in [-0.3, -0.25) is 5.26 Å². The van der Waals surface area contributed by atoms with Crippen LogP contribution in [0.15, 0.2) is 24.3 Å². The highest BCUT2D eigenvalue weighted by molar-refractivity contribution is 5.30. The van der Waals surface area contributed by atoms with Gasteiger partial charge in [0.05, 0.1) is 13.2 Å². The van der Waals surface area contributed by atoms with Crippen LogP contribution in [-0.4, -0.2) is 25.1 Å². The first-order valence-corrected chi connectivity index (χ1v) is 7.80. The van der Waals surface area contributed by atoms with Crippen LogP contribution in [0.2, 0.25) is 0 Å². The molecular weight excluding hydrogens is 268 g/mol. The third kappa shape index (κ3) is 6.04. The zero-order valence-electron chi connectivity index (χ0n) is 13.4. The lowest BCUT2D eigenvalue weighted by molar-refractivity contribution is -0.334. The number of rotatable bonds is 11. The zero-order chi connectivity index (χ0) is 15.6. The smallest absolute Gasteiger partial charge is 0.149 e. The van der Waals surface area contributed by atoms with Crippen molar-refractivity contribution >= 4 is 0 Å². The van der Waals surface area contributed by atoms with Gasteiger partial charge in [0.1, 0.15) is 11.4 Å². The van der Waals surface area contributed by atoms with E-state index in [-0.39, 0.29) is 0 Å². The summed E-state index contributed by atoms with van der Waals surface area (Å²) in [5.74, 6) is 0.833. The molecule has 0 aliphatic rings. The molecule has 1 N–H and O–H groups in total. The van der Waals surface area contributed by atoms with Crippen molar-refractivity contribution in [3.63, 3.8) is 0 Å². The predicted molar refractivity (Wildman–Crippen MR) is 83.6 cm³/mol. The van der Waals surface area contributed by atoms with Crippen LogP contribution in [0.5, 0.6) is 5.75 Å². The molecule has 0 radical (unpaired) electrons. The van der Waals surface area contributed by atoms with E-state index in [9.17, 15) is 5.26 Å². The summed E-state index contributed by atoms with van der Waals surface area (Å²) >= 11 is 0. The maximum atomic E-state index is 9.23. The highest BCUT2D eigenvalue weighted by Crippen LogP contribution is 2.27. The van der Waals surface area contributed by atoms with E-state index in [2.05, 4.69) is 18.7 Å². The largest absolute Gasteiger partial charge is 0.494 e. The quantitative estimate of drug-likeness (QED) is 0.374. The molecule has 4 nitrogen and oxygen atoms in total. The molecule has 0 spiro atoms. The topological polar surface area (TPSA) is 47.9 Å². The molecule has 4 heteroatoms. The second kappa shape index (κ2) is 9.77. The number of ether oxygens (including phenoxy) is 2. The van der Waals surface area contributed by atoms with Crippen molar-refractivity contribution in [3.8, 4) is 5.75 Å². The molecule has 1 atom stereocenters. The van der Waals surface area contributed by atoms with Gasteiger partial charge in [-0.15, -0.1) is 0 Å². The van der Waals surface area contributed by atoms with Gasteiger partial charge in [0.15, 0.2) is 0 Å². The Morgan fingerprint density at radius 3 is 2.19 bits per heavy atom. The molecule has 21 heavy (non-hydrogen) atoms. The fourth-order valence-electron chi connectivity index (χ4n) is 1.91. The summed E-state index contributed by atoms with van der Waals surface area (Å²) in [6.45, 7) is 7.78. The van der Waals surface area contributed by atoms with Crippen LogP contribution >= 0.6 is 0 Å². The van der Waals surface area contributed by atoms with E-state index in [1.165, 1.54) is 0 Å². The molecule has 120 valence electrons. The Bertz CT molecular complexity index is 377. The lowest BCUT2D eigenvalue weighted by Crippen LogP contribution is -2.31. The molecular formula is C17H28O4. The van der Waals surface area contributed by atoms with Gasteiger partial charge in [-0.1, -0.05) is 38.8 Å². The van der Waals surface area contributed by atoms with Crippen molar-refractivity contribution < 1.29 is 19.6 Å². The second-order valence-corrected chi connectivity index (χ2v) is 5.45. The summed E-state index contributed by atoms with van der Waals surface area (Å²) in [7, 11) is 0. The first-order valence-electron chi connectivity index (χ1n) is 7.80. The maximum Gasteiger partial charge on any atom is 0.149 e. The minimum Gasteiger partial charge on any atom is -0.494 e. The van der Waals surface area contributed by atoms with Gasteiger partial charge >= 0.3 is 0 Å². The lowest BCUT2D eigenvalue weighted by Gasteiger charge is -2.26. The molecule has 0 aliphatic heterocycles. The summed E-state index contributed by atoms with van der Waals surface area (Å²) in [5, 5.41) is 9.23. The SMILES string of the molecule is CCCCOCC(C)(OO)c1ccc(OCCCC)cc1. The van der Waals surface area contributed by atoms with E-state index in [0.29, 0.717) is 13.2 Å². The number of hydrogen-bond acceptors (Lipinski definition) is 4. The van der Waals surface area contributed by atoms with Gasteiger partial charge in [-0.05, 0) is 37.5 Å². The minimum atomic E-state index is -0.851. The molecule has 1 unspecified atom stereocenters. The average molecular weight is 296 g/mol. The van der Waals surface area contributed by atoms with Gasteiger partial charge in [0.2, 0.25) is 0 Å². The minimum absolute atomic E-state index is 0.319. The number of benzene rings is 1. The van der Waals surface area contributed by atoms with Gasteiger partial charge in [-0.2, -0.15) is 0 Å². The van der Waals surface area contributed by atoms with E-state index >= 15 is 0 Å². The maximum absolute atomic E-state index is 9.23. The van der Waals surface area contributed by atoms with Crippen LogP contribution in [0.25, 0.3) is 0 Å². The third-order valence-corrected chi connectivity index (χ3v) is 3.45. The normalized spacial score (nSPS) is 13.9. The molecule has 0 saturated heterocycles. The molecule has 0 heterocycles. The predicted octanol–water partition coefficient (Wildman–Crippen LogP) is 4.39. The Morgan fingerprint density at radius 1 is 1.00 bits per heavy atom. The number of unbranched alkanes of at least 4 members (excludes halogenated alkanes) is 2. The third-order valence-electron chi connectivity index (χ3n) is 3.45. The Hall–Kier alpha value is -1.10. The van der Waals surface area contributed by atoms with Crippen molar-refractivity contribution in [1.29, 1.82) is 0 Å². The second-order valence-electron chi connectivity index (χ2n) is 5.45. The van der Waals surface area contributed by atoms with E-state index < -0.39 is 5.60 Å². The molecule has 0 saturated carbocycles. The van der Waals surface area contributed by atoms with Crippen molar-refractivity contribution in [2.45, 2.75) is 52.1 Å². The van der Waals surface area contributed by atoms with E-state index in [4.69, 9.17) is 9.47 Å². The van der Waals surface area contributed by atoms with Crippen LogP contribution in [0.1, 0.15) is 52.0 Å². The summed E-state index contributed by atoms with van der Waals surface area (Å²) < 4.78 is 11.2. The van der Waals surface area contributed by atoms with Gasteiger partial charge in [-0.25, -0.2) is 4.89 Å². The Balaban J connectivity index is 2.58.